The molecule has 4 atom stereocenters. The van der Waals surface area contributed by atoms with Crippen molar-refractivity contribution in [2.24, 2.45) is 23.7 Å². The Morgan fingerprint density at radius 2 is 0.929 bits per heavy atom. The maximum absolute atomic E-state index is 5.39. The summed E-state index contributed by atoms with van der Waals surface area (Å²) in [4.78, 5) is 0. The van der Waals surface area contributed by atoms with Crippen molar-refractivity contribution < 1.29 is 9.47 Å². The molecule has 42 heavy (non-hydrogen) atoms. The van der Waals surface area contributed by atoms with Crippen LogP contribution in [0, 0.1) is 23.7 Å². The van der Waals surface area contributed by atoms with E-state index in [2.05, 4.69) is 133 Å². The Kier molecular flexibility index (Phi) is 10.7. The lowest BCUT2D eigenvalue weighted by Gasteiger charge is -2.40. The van der Waals surface area contributed by atoms with Gasteiger partial charge in [-0.15, -0.1) is 0 Å². The highest BCUT2D eigenvalue weighted by Gasteiger charge is 2.35. The number of allylic oxidation sites excluding steroid dienone is 2. The van der Waals surface area contributed by atoms with Gasteiger partial charge in [-0.1, -0.05) is 122 Å². The third-order valence-electron chi connectivity index (χ3n) is 8.91. The molecule has 216 valence electrons. The summed E-state index contributed by atoms with van der Waals surface area (Å²) in [5, 5.41) is 0. The van der Waals surface area contributed by atoms with Gasteiger partial charge in [0.05, 0.1) is 14.2 Å². The fourth-order valence-electron chi connectivity index (χ4n) is 6.65. The average Bonchev–Trinajstić information content (AvgIpc) is 3.06. The van der Waals surface area contributed by atoms with Crippen LogP contribution < -0.4 is 9.47 Å². The molecule has 2 unspecified atom stereocenters. The molecule has 0 spiro atoms. The zero-order valence-corrected chi connectivity index (χ0v) is 25.1. The highest BCUT2D eigenvalue weighted by Crippen LogP contribution is 2.43. The van der Waals surface area contributed by atoms with Crippen LogP contribution in [0.4, 0.5) is 0 Å². The highest BCUT2D eigenvalue weighted by molar-refractivity contribution is 5.52. The molecule has 0 N–H and O–H groups in total. The number of hydrogen-bond acceptors (Lipinski definition) is 2. The Bertz CT molecular complexity index is 1280. The number of benzene rings is 4. The van der Waals surface area contributed by atoms with Gasteiger partial charge in [0.2, 0.25) is 0 Å². The van der Waals surface area contributed by atoms with Crippen LogP contribution in [-0.2, 0) is 12.8 Å². The van der Waals surface area contributed by atoms with Gasteiger partial charge in [0.25, 0.3) is 0 Å². The molecule has 1 saturated carbocycles. The number of hydrogen-bond donors (Lipinski definition) is 0. The molecule has 1 aliphatic carbocycles. The molecular formula is C40H44O2. The van der Waals surface area contributed by atoms with Crippen molar-refractivity contribution in [3.63, 3.8) is 0 Å². The van der Waals surface area contributed by atoms with E-state index in [1.807, 2.05) is 0 Å². The van der Waals surface area contributed by atoms with E-state index in [1.54, 1.807) is 14.2 Å². The van der Waals surface area contributed by atoms with Crippen molar-refractivity contribution in [3.05, 3.63) is 144 Å². The van der Waals surface area contributed by atoms with Crippen molar-refractivity contribution in [1.29, 1.82) is 0 Å². The van der Waals surface area contributed by atoms with Crippen molar-refractivity contribution in [2.45, 2.75) is 38.5 Å². The van der Waals surface area contributed by atoms with E-state index < -0.39 is 0 Å². The minimum absolute atomic E-state index is 0.465. The van der Waals surface area contributed by atoms with E-state index in [9.17, 15) is 0 Å². The Labute approximate surface area is 252 Å². The third kappa shape index (κ3) is 8.26. The smallest absolute Gasteiger partial charge is 0.118 e. The molecule has 0 amide bonds. The minimum Gasteiger partial charge on any atom is -0.497 e. The Hall–Kier alpha value is -4.04. The zero-order valence-electron chi connectivity index (χ0n) is 25.1. The van der Waals surface area contributed by atoms with Crippen LogP contribution in [0.3, 0.4) is 0 Å². The van der Waals surface area contributed by atoms with Gasteiger partial charge in [-0.3, -0.25) is 0 Å². The van der Waals surface area contributed by atoms with Crippen molar-refractivity contribution >= 4 is 12.2 Å². The second-order valence-corrected chi connectivity index (χ2v) is 11.6. The summed E-state index contributed by atoms with van der Waals surface area (Å²) >= 11 is 0. The first-order chi connectivity index (χ1) is 20.7. The fourth-order valence-corrected chi connectivity index (χ4v) is 6.65. The molecular weight excluding hydrogens is 512 g/mol. The number of methoxy groups -OCH3 is 2. The molecule has 0 aromatic heterocycles. The molecule has 0 radical (unpaired) electrons. The first kappa shape index (κ1) is 29.5. The standard InChI is InChI=1S/C40H44O2/c1-41-37-25-19-31(20-26-37)17-23-35(29-33-11-5-3-6-12-33)39-15-9-10-16-40(39)36(30-34-13-7-4-8-14-34)24-18-32-21-27-38(42-2)28-22-32/h3-8,11-14,17-28,35-36,39-40H,9-10,15-16,29-30H2,1-2H3/t35?,36?,39-,40-/m1/s1. The van der Waals surface area contributed by atoms with Crippen LogP contribution in [0.1, 0.15) is 47.9 Å². The molecule has 1 aliphatic rings. The topological polar surface area (TPSA) is 18.5 Å². The quantitative estimate of drug-likeness (QED) is 0.173. The summed E-state index contributed by atoms with van der Waals surface area (Å²) in [5.41, 5.74) is 5.28. The zero-order chi connectivity index (χ0) is 29.0. The molecule has 0 bridgehead atoms. The van der Waals surface area contributed by atoms with Crippen LogP contribution >= 0.6 is 0 Å². The fraction of sp³-hybridized carbons (Fsp3) is 0.300. The van der Waals surface area contributed by atoms with Crippen molar-refractivity contribution in [1.82, 2.24) is 0 Å². The number of ether oxygens (including phenoxy) is 2. The second kappa shape index (κ2) is 15.3. The van der Waals surface area contributed by atoms with Gasteiger partial charge in [-0.25, -0.2) is 0 Å². The predicted molar refractivity (Wildman–Crippen MR) is 177 cm³/mol. The van der Waals surface area contributed by atoms with Crippen molar-refractivity contribution in [2.75, 3.05) is 14.2 Å². The Morgan fingerprint density at radius 3 is 1.29 bits per heavy atom. The minimum atomic E-state index is 0.465. The number of rotatable bonds is 12. The third-order valence-corrected chi connectivity index (χ3v) is 8.91. The molecule has 2 heteroatoms. The first-order valence-corrected chi connectivity index (χ1v) is 15.4. The molecule has 0 heterocycles. The van der Waals surface area contributed by atoms with E-state index in [1.165, 1.54) is 47.9 Å². The van der Waals surface area contributed by atoms with Gasteiger partial charge >= 0.3 is 0 Å². The largest absolute Gasteiger partial charge is 0.497 e. The van der Waals surface area contributed by atoms with E-state index in [-0.39, 0.29) is 0 Å². The van der Waals surface area contributed by atoms with E-state index in [0.29, 0.717) is 23.7 Å². The Morgan fingerprint density at radius 1 is 0.548 bits per heavy atom. The molecule has 0 saturated heterocycles. The van der Waals surface area contributed by atoms with Gasteiger partial charge in [-0.05, 0) is 95.9 Å². The van der Waals surface area contributed by atoms with Gasteiger partial charge in [0, 0.05) is 0 Å². The van der Waals surface area contributed by atoms with E-state index in [0.717, 1.165) is 24.3 Å². The van der Waals surface area contributed by atoms with E-state index >= 15 is 0 Å². The lowest BCUT2D eigenvalue weighted by atomic mass is 9.65. The monoisotopic (exact) mass is 556 g/mol. The Balaban J connectivity index is 1.46. The maximum atomic E-state index is 5.39. The van der Waals surface area contributed by atoms with Crippen LogP contribution in [0.15, 0.2) is 121 Å². The van der Waals surface area contributed by atoms with Crippen molar-refractivity contribution in [3.8, 4) is 11.5 Å². The normalized spacial score (nSPS) is 18.6. The average molecular weight is 557 g/mol. The first-order valence-electron chi connectivity index (χ1n) is 15.4. The molecule has 5 rings (SSSR count). The van der Waals surface area contributed by atoms with Crippen LogP contribution in [0.25, 0.3) is 12.2 Å². The summed E-state index contributed by atoms with van der Waals surface area (Å²) in [7, 11) is 3.44. The molecule has 4 aromatic rings. The second-order valence-electron chi connectivity index (χ2n) is 11.6. The molecule has 0 aliphatic heterocycles. The van der Waals surface area contributed by atoms with E-state index in [4.69, 9.17) is 9.47 Å². The molecule has 1 fully saturated rings. The van der Waals surface area contributed by atoms with Crippen LogP contribution in [0.5, 0.6) is 11.5 Å². The van der Waals surface area contributed by atoms with Gasteiger partial charge in [0.15, 0.2) is 0 Å². The summed E-state index contributed by atoms with van der Waals surface area (Å²) in [6.07, 6.45) is 17.0. The summed E-state index contributed by atoms with van der Waals surface area (Å²) in [6.45, 7) is 0. The summed E-state index contributed by atoms with van der Waals surface area (Å²) < 4.78 is 10.8. The summed E-state index contributed by atoms with van der Waals surface area (Å²) in [5.74, 6) is 3.95. The SMILES string of the molecule is COc1ccc(C=CC(Cc2ccccc2)[C@H]2CCCC[C@@H]2C(C=Cc2ccc(OC)cc2)Cc2ccccc2)cc1. The summed E-state index contributed by atoms with van der Waals surface area (Å²) in [6, 6.07) is 38.9. The van der Waals surface area contributed by atoms with Gasteiger partial charge in [-0.2, -0.15) is 0 Å². The predicted octanol–water partition coefficient (Wildman–Crippen LogP) is 9.95. The maximum Gasteiger partial charge on any atom is 0.118 e. The van der Waals surface area contributed by atoms with Gasteiger partial charge in [0.1, 0.15) is 11.5 Å². The highest BCUT2D eigenvalue weighted by atomic mass is 16.5. The lowest BCUT2D eigenvalue weighted by molar-refractivity contribution is 0.144. The van der Waals surface area contributed by atoms with Crippen LogP contribution in [-0.4, -0.2) is 14.2 Å². The molecule has 4 aromatic carbocycles. The lowest BCUT2D eigenvalue weighted by Crippen LogP contribution is -2.33. The van der Waals surface area contributed by atoms with Gasteiger partial charge < -0.3 is 9.47 Å². The van der Waals surface area contributed by atoms with Crippen LogP contribution in [0.2, 0.25) is 0 Å². The molecule has 2 nitrogen and oxygen atoms in total.